The molecule has 2 atom stereocenters. The third-order valence-electron chi connectivity index (χ3n) is 6.21. The number of amides is 2. The van der Waals surface area contributed by atoms with Crippen LogP contribution in [-0.2, 0) is 14.4 Å². The molecule has 0 aliphatic carbocycles. The first-order chi connectivity index (χ1) is 16.1. The molecule has 2 unspecified atom stereocenters. The molecule has 2 heterocycles. The van der Waals surface area contributed by atoms with Crippen molar-refractivity contribution in [3.05, 3.63) is 29.8 Å². The highest BCUT2D eigenvalue weighted by Crippen LogP contribution is 2.18. The highest BCUT2D eigenvalue weighted by atomic mass is 16.7. The summed E-state index contributed by atoms with van der Waals surface area (Å²) in [5, 5.41) is 4.02. The van der Waals surface area contributed by atoms with Gasteiger partial charge in [0.2, 0.25) is 0 Å². The molecule has 2 bridgehead atoms. The van der Waals surface area contributed by atoms with E-state index in [9.17, 15) is 14.4 Å². The molecular weight excluding hydrogens is 422 g/mol. The molecule has 0 saturated carbocycles. The van der Waals surface area contributed by atoms with Crippen LogP contribution in [0.4, 0.5) is 5.69 Å². The van der Waals surface area contributed by atoms with Crippen LogP contribution >= 0.6 is 0 Å². The highest BCUT2D eigenvalue weighted by Gasteiger charge is 2.20. The van der Waals surface area contributed by atoms with Crippen LogP contribution in [0.1, 0.15) is 43.0 Å². The summed E-state index contributed by atoms with van der Waals surface area (Å²) in [6.45, 7) is 12.3. The van der Waals surface area contributed by atoms with Gasteiger partial charge in [-0.3, -0.25) is 9.59 Å². The molecule has 33 heavy (non-hydrogen) atoms. The molecule has 0 radical (unpaired) electrons. The number of imide groups is 1. The van der Waals surface area contributed by atoms with Crippen LogP contribution in [0, 0.1) is 0 Å². The monoisotopic (exact) mass is 459 g/mol. The molecular formula is C24H37N5O4. The smallest absolute Gasteiger partial charge is 0.363 e. The van der Waals surface area contributed by atoms with Gasteiger partial charge < -0.3 is 24.9 Å². The minimum absolute atomic E-state index is 0.144. The summed E-state index contributed by atoms with van der Waals surface area (Å²) >= 11 is 0. The van der Waals surface area contributed by atoms with Gasteiger partial charge in [0.05, 0.1) is 5.56 Å². The predicted molar refractivity (Wildman–Crippen MR) is 127 cm³/mol. The van der Waals surface area contributed by atoms with Crippen LogP contribution < -0.4 is 10.2 Å². The Balaban J connectivity index is 1.63. The normalized spacial score (nSPS) is 22.3. The highest BCUT2D eigenvalue weighted by molar-refractivity contribution is 5.93. The quantitative estimate of drug-likeness (QED) is 0.522. The number of rotatable bonds is 5. The fraction of sp³-hybridized carbons (Fsp3) is 0.625. The Hall–Kier alpha value is -2.49. The SMILES string of the molecule is CCCC(=O)N(C=O)OC(=O)c1ccc(N2CCCN3CCNCCCN(CC3)CC2)cc1. The molecule has 1 N–H and O–H groups in total. The summed E-state index contributed by atoms with van der Waals surface area (Å²) in [5.41, 5.74) is 1.36. The van der Waals surface area contributed by atoms with Gasteiger partial charge >= 0.3 is 5.97 Å². The Kier molecular flexibility index (Phi) is 10.1. The lowest BCUT2D eigenvalue weighted by Gasteiger charge is -2.34. The molecule has 0 spiro atoms. The molecule has 9 nitrogen and oxygen atoms in total. The van der Waals surface area contributed by atoms with Crippen molar-refractivity contribution in [2.45, 2.75) is 32.6 Å². The Labute approximate surface area is 196 Å². The van der Waals surface area contributed by atoms with Gasteiger partial charge in [0, 0.05) is 57.9 Å². The summed E-state index contributed by atoms with van der Waals surface area (Å²) in [5.74, 6) is -1.25. The number of nitrogens with zero attached hydrogens (tertiary/aromatic N) is 4. The number of anilines is 1. The minimum Gasteiger partial charge on any atom is -0.370 e. The maximum Gasteiger partial charge on any atom is 0.363 e. The molecule has 182 valence electrons. The first kappa shape index (κ1) is 25.1. The van der Waals surface area contributed by atoms with Crippen LogP contribution in [-0.4, -0.2) is 98.6 Å². The fourth-order valence-corrected chi connectivity index (χ4v) is 4.27. The van der Waals surface area contributed by atoms with E-state index in [4.69, 9.17) is 4.84 Å². The molecule has 1 aromatic carbocycles. The van der Waals surface area contributed by atoms with Crippen molar-refractivity contribution in [1.29, 1.82) is 0 Å². The summed E-state index contributed by atoms with van der Waals surface area (Å²) < 4.78 is 0. The van der Waals surface area contributed by atoms with Crippen molar-refractivity contribution in [3.63, 3.8) is 0 Å². The lowest BCUT2D eigenvalue weighted by molar-refractivity contribution is -0.171. The van der Waals surface area contributed by atoms with E-state index in [1.807, 2.05) is 19.1 Å². The molecule has 2 fully saturated rings. The van der Waals surface area contributed by atoms with Gasteiger partial charge in [0.1, 0.15) is 0 Å². The number of nitrogens with one attached hydrogen (secondary N) is 1. The van der Waals surface area contributed by atoms with Gasteiger partial charge in [-0.1, -0.05) is 6.92 Å². The van der Waals surface area contributed by atoms with Crippen LogP contribution in [0.3, 0.4) is 0 Å². The third-order valence-corrected chi connectivity index (χ3v) is 6.21. The first-order valence-corrected chi connectivity index (χ1v) is 12.1. The van der Waals surface area contributed by atoms with Crippen LogP contribution in [0.15, 0.2) is 24.3 Å². The van der Waals surface area contributed by atoms with E-state index in [-0.39, 0.29) is 12.8 Å². The van der Waals surface area contributed by atoms with Gasteiger partial charge in [-0.25, -0.2) is 4.79 Å². The van der Waals surface area contributed by atoms with E-state index in [2.05, 4.69) is 20.0 Å². The maximum absolute atomic E-state index is 12.4. The average Bonchev–Trinajstić information content (AvgIpc) is 2.84. The van der Waals surface area contributed by atoms with E-state index < -0.39 is 11.9 Å². The van der Waals surface area contributed by atoms with Crippen molar-refractivity contribution in [1.82, 2.24) is 20.2 Å². The fourth-order valence-electron chi connectivity index (χ4n) is 4.27. The number of hydrogen-bond donors (Lipinski definition) is 1. The second-order valence-electron chi connectivity index (χ2n) is 8.63. The zero-order valence-corrected chi connectivity index (χ0v) is 19.7. The molecule has 1 aromatic rings. The Morgan fingerprint density at radius 1 is 0.939 bits per heavy atom. The van der Waals surface area contributed by atoms with Gasteiger partial charge in [0.25, 0.3) is 12.3 Å². The molecule has 9 heteroatoms. The lowest BCUT2D eigenvalue weighted by Crippen LogP contribution is -2.46. The maximum atomic E-state index is 12.4. The number of benzene rings is 1. The molecule has 2 aliphatic rings. The number of hydrogen-bond acceptors (Lipinski definition) is 8. The zero-order chi connectivity index (χ0) is 23.5. The lowest BCUT2D eigenvalue weighted by atomic mass is 10.2. The first-order valence-electron chi connectivity index (χ1n) is 12.1. The Morgan fingerprint density at radius 3 is 2.36 bits per heavy atom. The molecule has 2 aliphatic heterocycles. The molecule has 2 saturated heterocycles. The van der Waals surface area contributed by atoms with Crippen LogP contribution in [0.5, 0.6) is 0 Å². The van der Waals surface area contributed by atoms with E-state index in [0.717, 1.165) is 84.0 Å². The Bertz CT molecular complexity index is 773. The average molecular weight is 460 g/mol. The zero-order valence-electron chi connectivity index (χ0n) is 19.7. The molecule has 3 rings (SSSR count). The largest absolute Gasteiger partial charge is 0.370 e. The molecule has 2 amide bonds. The minimum atomic E-state index is -0.719. The number of carbonyl (C=O) groups is 3. The van der Waals surface area contributed by atoms with Crippen molar-refractivity contribution in [2.24, 2.45) is 0 Å². The summed E-state index contributed by atoms with van der Waals surface area (Å²) in [6.07, 6.45) is 3.19. The summed E-state index contributed by atoms with van der Waals surface area (Å²) in [6, 6.07) is 7.21. The summed E-state index contributed by atoms with van der Waals surface area (Å²) in [4.78, 5) is 47.8. The number of hydroxylamine groups is 2. The van der Waals surface area contributed by atoms with E-state index in [0.29, 0.717) is 17.0 Å². The number of fused-ring (bicyclic) bond motifs is 3. The van der Waals surface area contributed by atoms with Crippen molar-refractivity contribution in [3.8, 4) is 0 Å². The summed E-state index contributed by atoms with van der Waals surface area (Å²) in [7, 11) is 0. The van der Waals surface area contributed by atoms with Crippen molar-refractivity contribution in [2.75, 3.05) is 70.3 Å². The predicted octanol–water partition coefficient (Wildman–Crippen LogP) is 1.35. The topological polar surface area (TPSA) is 85.4 Å². The van der Waals surface area contributed by atoms with Gasteiger partial charge in [-0.15, -0.1) is 5.06 Å². The van der Waals surface area contributed by atoms with Crippen molar-refractivity contribution >= 4 is 24.0 Å². The van der Waals surface area contributed by atoms with Gasteiger partial charge in [-0.2, -0.15) is 0 Å². The van der Waals surface area contributed by atoms with Gasteiger partial charge in [0.15, 0.2) is 0 Å². The standard InChI is InChI=1S/C24H37N5O4/c1-2-5-23(31)29(20-30)33-24(32)21-6-8-22(9-7-21)28-14-4-13-26-15-11-25-10-3-12-27(17-16-26)18-19-28/h6-9,20,25H,2-5,10-19H2,1H3. The third kappa shape index (κ3) is 7.80. The van der Waals surface area contributed by atoms with E-state index in [1.165, 1.54) is 0 Å². The number of carbonyl (C=O) groups excluding carboxylic acids is 3. The van der Waals surface area contributed by atoms with Crippen molar-refractivity contribution < 1.29 is 19.2 Å². The second-order valence-corrected chi connectivity index (χ2v) is 8.63. The van der Waals surface area contributed by atoms with Crippen LogP contribution in [0.2, 0.25) is 0 Å². The van der Waals surface area contributed by atoms with Crippen LogP contribution in [0.25, 0.3) is 0 Å². The molecule has 0 aromatic heterocycles. The Morgan fingerprint density at radius 2 is 1.64 bits per heavy atom. The van der Waals surface area contributed by atoms with E-state index >= 15 is 0 Å². The van der Waals surface area contributed by atoms with E-state index in [1.54, 1.807) is 12.1 Å². The second kappa shape index (κ2) is 13.3. The van der Waals surface area contributed by atoms with Gasteiger partial charge in [-0.05, 0) is 63.2 Å².